The summed E-state index contributed by atoms with van der Waals surface area (Å²) in [5.41, 5.74) is -1.27. The van der Waals surface area contributed by atoms with E-state index in [0.29, 0.717) is 87.1 Å². The van der Waals surface area contributed by atoms with Gasteiger partial charge in [0.1, 0.15) is 11.5 Å². The van der Waals surface area contributed by atoms with Crippen LogP contribution in [0.25, 0.3) is 0 Å². The van der Waals surface area contributed by atoms with Crippen LogP contribution in [0, 0.1) is 11.8 Å². The summed E-state index contributed by atoms with van der Waals surface area (Å²) in [6.07, 6.45) is -1.15. The van der Waals surface area contributed by atoms with E-state index in [9.17, 15) is 32.7 Å². The van der Waals surface area contributed by atoms with E-state index < -0.39 is 41.1 Å². The molecule has 0 bridgehead atoms. The number of carboxylic acids is 1. The number of rotatable bonds is 8. The van der Waals surface area contributed by atoms with Crippen molar-refractivity contribution in [3.63, 3.8) is 0 Å². The molecule has 12 heteroatoms. The van der Waals surface area contributed by atoms with Gasteiger partial charge in [-0.15, -0.1) is 0 Å². The SMILES string of the molecule is CC[C@H]1CN(C(=O)[C@]2(F)CN(C3CCC(=O)CC3)C[C@H]2c2ccc(OC)cc2)C[C@@H]1c1ccc(C(F)(F)F)cc1N1CCC(C(=O)O)CC1. The first-order valence-electron chi connectivity index (χ1n) is 17.4. The fourth-order valence-electron chi connectivity index (χ4n) is 8.58. The van der Waals surface area contributed by atoms with Gasteiger partial charge in [-0.2, -0.15) is 13.2 Å². The summed E-state index contributed by atoms with van der Waals surface area (Å²) in [5.74, 6) is -2.43. The number of aliphatic carboxylic acids is 1. The summed E-state index contributed by atoms with van der Waals surface area (Å²) in [4.78, 5) is 43.5. The lowest BCUT2D eigenvalue weighted by Gasteiger charge is -2.35. The zero-order chi connectivity index (χ0) is 35.1. The molecule has 2 aromatic rings. The van der Waals surface area contributed by atoms with Crippen molar-refractivity contribution in [2.75, 3.05) is 51.3 Å². The smallest absolute Gasteiger partial charge is 0.416 e. The Morgan fingerprint density at radius 3 is 2.24 bits per heavy atom. The van der Waals surface area contributed by atoms with Crippen molar-refractivity contribution in [1.29, 1.82) is 0 Å². The number of methoxy groups -OCH3 is 1. The highest BCUT2D eigenvalue weighted by Crippen LogP contribution is 2.47. The normalized spacial score (nSPS) is 27.6. The van der Waals surface area contributed by atoms with Gasteiger partial charge in [-0.05, 0) is 67.0 Å². The lowest BCUT2D eigenvalue weighted by Crippen LogP contribution is -2.50. The Bertz CT molecular complexity index is 1530. The molecule has 266 valence electrons. The number of piperidine rings is 1. The fraction of sp³-hybridized carbons (Fsp3) is 0.595. The maximum Gasteiger partial charge on any atom is 0.416 e. The number of alkyl halides is 4. The van der Waals surface area contributed by atoms with Crippen molar-refractivity contribution in [2.24, 2.45) is 11.8 Å². The number of nitrogens with zero attached hydrogens (tertiary/aromatic N) is 3. The third-order valence-corrected chi connectivity index (χ3v) is 11.5. The molecule has 0 aromatic heterocycles. The molecule has 1 aliphatic carbocycles. The molecule has 6 rings (SSSR count). The Kier molecular flexibility index (Phi) is 9.99. The molecule has 3 aliphatic heterocycles. The minimum absolute atomic E-state index is 0.00133. The minimum Gasteiger partial charge on any atom is -0.497 e. The molecule has 2 aromatic carbocycles. The van der Waals surface area contributed by atoms with Crippen LogP contribution in [0.5, 0.6) is 5.75 Å². The molecular formula is C37H45F4N3O5. The highest BCUT2D eigenvalue weighted by molar-refractivity contribution is 5.88. The topological polar surface area (TPSA) is 90.4 Å². The van der Waals surface area contributed by atoms with E-state index in [-0.39, 0.29) is 43.3 Å². The Balaban J connectivity index is 1.30. The number of carbonyl (C=O) groups is 3. The number of anilines is 1. The van der Waals surface area contributed by atoms with E-state index in [2.05, 4.69) is 0 Å². The summed E-state index contributed by atoms with van der Waals surface area (Å²) in [7, 11) is 1.55. The van der Waals surface area contributed by atoms with Crippen LogP contribution in [0.2, 0.25) is 0 Å². The second-order valence-electron chi connectivity index (χ2n) is 14.2. The number of ketones is 1. The summed E-state index contributed by atoms with van der Waals surface area (Å²) in [6, 6.07) is 10.8. The van der Waals surface area contributed by atoms with Crippen molar-refractivity contribution in [3.8, 4) is 5.75 Å². The van der Waals surface area contributed by atoms with Gasteiger partial charge in [-0.25, -0.2) is 4.39 Å². The Hall–Kier alpha value is -3.67. The van der Waals surface area contributed by atoms with Crippen LogP contribution in [-0.4, -0.2) is 90.7 Å². The molecule has 3 saturated heterocycles. The highest BCUT2D eigenvalue weighted by Gasteiger charge is 2.57. The van der Waals surface area contributed by atoms with Gasteiger partial charge in [0, 0.05) is 75.7 Å². The van der Waals surface area contributed by atoms with Crippen molar-refractivity contribution >= 4 is 23.3 Å². The minimum atomic E-state index is -4.56. The molecule has 4 atom stereocenters. The maximum atomic E-state index is 17.7. The van der Waals surface area contributed by atoms with Crippen LogP contribution < -0.4 is 9.64 Å². The third kappa shape index (κ3) is 7.03. The Morgan fingerprint density at radius 1 is 0.980 bits per heavy atom. The zero-order valence-electron chi connectivity index (χ0n) is 28.1. The molecule has 49 heavy (non-hydrogen) atoms. The number of ether oxygens (including phenoxy) is 1. The summed E-state index contributed by atoms with van der Waals surface area (Å²) < 4.78 is 64.8. The zero-order valence-corrected chi connectivity index (χ0v) is 28.1. The monoisotopic (exact) mass is 687 g/mol. The molecule has 4 fully saturated rings. The van der Waals surface area contributed by atoms with Gasteiger partial charge >= 0.3 is 12.1 Å². The highest BCUT2D eigenvalue weighted by atomic mass is 19.4. The Labute approximate surface area is 284 Å². The number of hydrogen-bond acceptors (Lipinski definition) is 6. The largest absolute Gasteiger partial charge is 0.497 e. The Morgan fingerprint density at radius 2 is 1.65 bits per heavy atom. The van der Waals surface area contributed by atoms with Crippen molar-refractivity contribution in [1.82, 2.24) is 9.80 Å². The number of Topliss-reactive ketones (excluding diaryl/α,β-unsaturated/α-hetero) is 1. The number of carboxylic acid groups (broad SMARTS) is 1. The first-order chi connectivity index (χ1) is 23.3. The third-order valence-electron chi connectivity index (χ3n) is 11.5. The van der Waals surface area contributed by atoms with Gasteiger partial charge in [0.25, 0.3) is 5.91 Å². The second kappa shape index (κ2) is 13.9. The molecule has 1 amide bonds. The molecule has 4 aliphatic rings. The van der Waals surface area contributed by atoms with E-state index in [0.717, 1.165) is 12.1 Å². The number of halogens is 4. The van der Waals surface area contributed by atoms with Crippen LogP contribution >= 0.6 is 0 Å². The molecular weight excluding hydrogens is 642 g/mol. The molecule has 3 heterocycles. The standard InChI is InChI=1S/C37H45F4N3O5/c1-3-23-19-43(20-31(23)30-13-6-26(37(39,40)41)18-33(30)42-16-14-25(15-17-42)34(46)47)35(48)36(38)22-44(27-7-9-28(45)10-8-27)21-32(36)24-4-11-29(49-2)12-5-24/h4-6,11-13,18,23,25,27,31-32H,3,7-10,14-17,19-22H2,1-2H3,(H,46,47)/t23-,31-,32-,36-/m0/s1. The van der Waals surface area contributed by atoms with E-state index in [4.69, 9.17) is 4.74 Å². The molecule has 0 radical (unpaired) electrons. The van der Waals surface area contributed by atoms with Crippen molar-refractivity contribution in [3.05, 3.63) is 59.2 Å². The molecule has 0 spiro atoms. The molecule has 0 unspecified atom stereocenters. The first-order valence-corrected chi connectivity index (χ1v) is 17.4. The van der Waals surface area contributed by atoms with Crippen LogP contribution in [0.15, 0.2) is 42.5 Å². The van der Waals surface area contributed by atoms with Crippen molar-refractivity contribution in [2.45, 2.75) is 81.6 Å². The quantitative estimate of drug-likeness (QED) is 0.327. The van der Waals surface area contributed by atoms with Gasteiger partial charge in [0.15, 0.2) is 0 Å². The number of hydrogen-bond donors (Lipinski definition) is 1. The van der Waals surface area contributed by atoms with E-state index in [1.807, 2.05) is 16.7 Å². The average Bonchev–Trinajstić information content (AvgIpc) is 3.69. The summed E-state index contributed by atoms with van der Waals surface area (Å²) in [5, 5.41) is 9.49. The summed E-state index contributed by atoms with van der Waals surface area (Å²) in [6.45, 7) is 3.26. The second-order valence-corrected chi connectivity index (χ2v) is 14.2. The van der Waals surface area contributed by atoms with Crippen LogP contribution in [0.4, 0.5) is 23.2 Å². The van der Waals surface area contributed by atoms with Gasteiger partial charge in [-0.3, -0.25) is 19.3 Å². The number of carbonyl (C=O) groups excluding carboxylic acids is 2. The van der Waals surface area contributed by atoms with Gasteiger partial charge in [0.05, 0.1) is 18.6 Å². The molecule has 8 nitrogen and oxygen atoms in total. The predicted octanol–water partition coefficient (Wildman–Crippen LogP) is 6.29. The first kappa shape index (κ1) is 35.2. The fourth-order valence-corrected chi connectivity index (χ4v) is 8.58. The van der Waals surface area contributed by atoms with E-state index in [1.165, 1.54) is 6.07 Å². The van der Waals surface area contributed by atoms with Crippen molar-refractivity contribution < 1.29 is 41.8 Å². The van der Waals surface area contributed by atoms with Gasteiger partial charge in [-0.1, -0.05) is 31.5 Å². The van der Waals surface area contributed by atoms with E-state index in [1.54, 1.807) is 36.3 Å². The maximum absolute atomic E-state index is 17.7. The van der Waals surface area contributed by atoms with Gasteiger partial charge in [0.2, 0.25) is 5.67 Å². The van der Waals surface area contributed by atoms with Gasteiger partial charge < -0.3 is 19.6 Å². The van der Waals surface area contributed by atoms with Crippen LogP contribution in [0.1, 0.15) is 80.4 Å². The van der Waals surface area contributed by atoms with Crippen LogP contribution in [-0.2, 0) is 20.6 Å². The number of amides is 1. The number of benzene rings is 2. The average molecular weight is 688 g/mol. The molecule has 1 saturated carbocycles. The molecule has 1 N–H and O–H groups in total. The lowest BCUT2D eigenvalue weighted by atomic mass is 9.84. The van der Waals surface area contributed by atoms with Crippen LogP contribution in [0.3, 0.4) is 0 Å². The predicted molar refractivity (Wildman–Crippen MR) is 176 cm³/mol. The number of likely N-dealkylation sites (tertiary alicyclic amines) is 2. The van der Waals surface area contributed by atoms with E-state index >= 15 is 4.39 Å². The summed E-state index contributed by atoms with van der Waals surface area (Å²) >= 11 is 0. The lowest BCUT2D eigenvalue weighted by molar-refractivity contribution is -0.143.